The van der Waals surface area contributed by atoms with E-state index in [2.05, 4.69) is 47.4 Å². The summed E-state index contributed by atoms with van der Waals surface area (Å²) in [6.45, 7) is 7.03. The summed E-state index contributed by atoms with van der Waals surface area (Å²) in [7, 11) is 0. The number of nitrogens with one attached hydrogen (secondary N) is 2. The van der Waals surface area contributed by atoms with Crippen LogP contribution in [0.3, 0.4) is 0 Å². The third-order valence-corrected chi connectivity index (χ3v) is 3.53. The highest BCUT2D eigenvalue weighted by atomic mass is 16.1. The predicted molar refractivity (Wildman–Crippen MR) is 93.1 cm³/mol. The number of amides is 1. The second kappa shape index (κ2) is 8.27. The summed E-state index contributed by atoms with van der Waals surface area (Å²) in [6, 6.07) is 9.68. The third kappa shape index (κ3) is 4.77. The summed E-state index contributed by atoms with van der Waals surface area (Å²) < 4.78 is 0. The molecule has 0 saturated carbocycles. The van der Waals surface area contributed by atoms with E-state index in [9.17, 15) is 4.79 Å². The van der Waals surface area contributed by atoms with Gasteiger partial charge in [0.2, 0.25) is 5.95 Å². The Morgan fingerprint density at radius 1 is 1.22 bits per heavy atom. The molecule has 2 rings (SSSR count). The Morgan fingerprint density at radius 3 is 2.74 bits per heavy atom. The minimum atomic E-state index is -0.166. The van der Waals surface area contributed by atoms with E-state index in [1.807, 2.05) is 18.2 Å². The van der Waals surface area contributed by atoms with Gasteiger partial charge in [0.05, 0.1) is 0 Å². The molecule has 0 bridgehead atoms. The molecule has 0 spiro atoms. The fourth-order valence-electron chi connectivity index (χ4n) is 2.25. The first kappa shape index (κ1) is 16.9. The number of para-hydroxylation sites is 1. The van der Waals surface area contributed by atoms with E-state index in [4.69, 9.17) is 0 Å². The minimum absolute atomic E-state index is 0.166. The van der Waals surface area contributed by atoms with E-state index in [0.29, 0.717) is 24.1 Å². The van der Waals surface area contributed by atoms with E-state index in [0.717, 1.165) is 18.5 Å². The highest BCUT2D eigenvalue weighted by molar-refractivity contribution is 5.92. The maximum absolute atomic E-state index is 12.1. The summed E-state index contributed by atoms with van der Waals surface area (Å²) in [6.07, 6.45) is 3.61. The number of benzene rings is 1. The molecule has 0 radical (unpaired) electrons. The second-order valence-electron chi connectivity index (χ2n) is 5.74. The SMILES string of the molecule is CCCCNC(=O)c1ccnc(Nc2ccccc2C(C)C)n1. The van der Waals surface area contributed by atoms with Crippen LogP contribution in [0.2, 0.25) is 0 Å². The van der Waals surface area contributed by atoms with Crippen molar-refractivity contribution in [3.8, 4) is 0 Å². The lowest BCUT2D eigenvalue weighted by molar-refractivity contribution is 0.0948. The highest BCUT2D eigenvalue weighted by Gasteiger charge is 2.10. The Balaban J connectivity index is 2.13. The molecule has 5 nitrogen and oxygen atoms in total. The van der Waals surface area contributed by atoms with Crippen LogP contribution < -0.4 is 10.6 Å². The molecular weight excluding hydrogens is 288 g/mol. The molecule has 2 aromatic rings. The van der Waals surface area contributed by atoms with Gasteiger partial charge in [-0.25, -0.2) is 9.97 Å². The highest BCUT2D eigenvalue weighted by Crippen LogP contribution is 2.25. The summed E-state index contributed by atoms with van der Waals surface area (Å²) in [5.74, 6) is 0.654. The zero-order chi connectivity index (χ0) is 16.7. The van der Waals surface area contributed by atoms with Crippen molar-refractivity contribution in [2.75, 3.05) is 11.9 Å². The van der Waals surface area contributed by atoms with Crippen molar-refractivity contribution in [3.63, 3.8) is 0 Å². The number of unbranched alkanes of at least 4 members (excludes halogenated alkanes) is 1. The topological polar surface area (TPSA) is 66.9 Å². The van der Waals surface area contributed by atoms with Crippen LogP contribution in [-0.2, 0) is 0 Å². The smallest absolute Gasteiger partial charge is 0.270 e. The van der Waals surface area contributed by atoms with Crippen LogP contribution in [0, 0.1) is 0 Å². The van der Waals surface area contributed by atoms with Gasteiger partial charge in [-0.3, -0.25) is 4.79 Å². The van der Waals surface area contributed by atoms with Gasteiger partial charge in [0, 0.05) is 18.4 Å². The van der Waals surface area contributed by atoms with E-state index in [1.54, 1.807) is 12.3 Å². The molecule has 0 fully saturated rings. The van der Waals surface area contributed by atoms with Crippen molar-refractivity contribution in [2.45, 2.75) is 39.5 Å². The van der Waals surface area contributed by atoms with Gasteiger partial charge in [0.25, 0.3) is 5.91 Å². The fraction of sp³-hybridized carbons (Fsp3) is 0.389. The van der Waals surface area contributed by atoms with Crippen LogP contribution >= 0.6 is 0 Å². The maximum Gasteiger partial charge on any atom is 0.270 e. The van der Waals surface area contributed by atoms with Gasteiger partial charge in [-0.2, -0.15) is 0 Å². The van der Waals surface area contributed by atoms with Crippen molar-refractivity contribution in [1.82, 2.24) is 15.3 Å². The third-order valence-electron chi connectivity index (χ3n) is 3.53. The van der Waals surface area contributed by atoms with Gasteiger partial charge in [0.15, 0.2) is 0 Å². The number of aromatic nitrogens is 2. The van der Waals surface area contributed by atoms with Gasteiger partial charge >= 0.3 is 0 Å². The molecule has 23 heavy (non-hydrogen) atoms. The first-order valence-electron chi connectivity index (χ1n) is 8.09. The molecule has 2 N–H and O–H groups in total. The number of hydrogen-bond acceptors (Lipinski definition) is 4. The van der Waals surface area contributed by atoms with Gasteiger partial charge in [-0.05, 0) is 30.0 Å². The predicted octanol–water partition coefficient (Wildman–Crippen LogP) is 3.87. The normalized spacial score (nSPS) is 10.6. The lowest BCUT2D eigenvalue weighted by Gasteiger charge is -2.13. The molecule has 0 aliphatic carbocycles. The molecule has 0 aliphatic heterocycles. The van der Waals surface area contributed by atoms with Crippen LogP contribution in [-0.4, -0.2) is 22.4 Å². The molecular formula is C18H24N4O. The van der Waals surface area contributed by atoms with E-state index >= 15 is 0 Å². The van der Waals surface area contributed by atoms with E-state index in [-0.39, 0.29) is 5.91 Å². The fourth-order valence-corrected chi connectivity index (χ4v) is 2.25. The number of anilines is 2. The van der Waals surface area contributed by atoms with Crippen molar-refractivity contribution in [3.05, 3.63) is 47.8 Å². The van der Waals surface area contributed by atoms with Gasteiger partial charge < -0.3 is 10.6 Å². The van der Waals surface area contributed by atoms with Crippen LogP contribution in [0.5, 0.6) is 0 Å². The Kier molecular flexibility index (Phi) is 6.09. The quantitative estimate of drug-likeness (QED) is 0.762. The van der Waals surface area contributed by atoms with Gasteiger partial charge in [-0.15, -0.1) is 0 Å². The second-order valence-corrected chi connectivity index (χ2v) is 5.74. The molecule has 0 aliphatic rings. The van der Waals surface area contributed by atoms with E-state index in [1.165, 1.54) is 5.56 Å². The average Bonchev–Trinajstić information content (AvgIpc) is 2.55. The summed E-state index contributed by atoms with van der Waals surface area (Å²) in [5.41, 5.74) is 2.53. The number of carbonyl (C=O) groups is 1. The van der Waals surface area contributed by atoms with Crippen LogP contribution in [0.1, 0.15) is 55.6 Å². The standard InChI is InChI=1S/C18H24N4O/c1-4-5-11-19-17(23)16-10-12-20-18(22-16)21-15-9-7-6-8-14(15)13(2)3/h6-10,12-13H,4-5,11H2,1-3H3,(H,19,23)(H,20,21,22). The van der Waals surface area contributed by atoms with Crippen LogP contribution in [0.4, 0.5) is 11.6 Å². The van der Waals surface area contributed by atoms with Crippen LogP contribution in [0.15, 0.2) is 36.5 Å². The molecule has 1 aromatic heterocycles. The van der Waals surface area contributed by atoms with Crippen molar-refractivity contribution in [2.24, 2.45) is 0 Å². The van der Waals surface area contributed by atoms with Crippen molar-refractivity contribution < 1.29 is 4.79 Å². The lowest BCUT2D eigenvalue weighted by atomic mass is 10.0. The van der Waals surface area contributed by atoms with Crippen LogP contribution in [0.25, 0.3) is 0 Å². The summed E-state index contributed by atoms with van der Waals surface area (Å²) in [5, 5.41) is 6.08. The lowest BCUT2D eigenvalue weighted by Crippen LogP contribution is -2.25. The Bertz CT molecular complexity index is 655. The molecule has 1 amide bonds. The molecule has 5 heteroatoms. The van der Waals surface area contributed by atoms with Crippen molar-refractivity contribution in [1.29, 1.82) is 0 Å². The van der Waals surface area contributed by atoms with Gasteiger partial charge in [0.1, 0.15) is 5.69 Å². The molecule has 122 valence electrons. The summed E-state index contributed by atoms with van der Waals surface area (Å²) >= 11 is 0. The first-order chi connectivity index (χ1) is 11.1. The average molecular weight is 312 g/mol. The van der Waals surface area contributed by atoms with Gasteiger partial charge in [-0.1, -0.05) is 45.4 Å². The zero-order valence-electron chi connectivity index (χ0n) is 14.0. The number of rotatable bonds is 7. The minimum Gasteiger partial charge on any atom is -0.351 e. The monoisotopic (exact) mass is 312 g/mol. The largest absolute Gasteiger partial charge is 0.351 e. The zero-order valence-corrected chi connectivity index (χ0v) is 14.0. The Hall–Kier alpha value is -2.43. The molecule has 1 aromatic carbocycles. The first-order valence-corrected chi connectivity index (χ1v) is 8.09. The summed E-state index contributed by atoms with van der Waals surface area (Å²) in [4.78, 5) is 20.6. The number of nitrogens with zero attached hydrogens (tertiary/aromatic N) is 2. The van der Waals surface area contributed by atoms with E-state index < -0.39 is 0 Å². The Morgan fingerprint density at radius 2 is 2.00 bits per heavy atom. The molecule has 0 atom stereocenters. The number of hydrogen-bond donors (Lipinski definition) is 2. The number of carbonyl (C=O) groups excluding carboxylic acids is 1. The molecule has 1 heterocycles. The maximum atomic E-state index is 12.1. The molecule has 0 unspecified atom stereocenters. The molecule has 0 saturated heterocycles. The van der Waals surface area contributed by atoms with Crippen molar-refractivity contribution >= 4 is 17.5 Å². The Labute approximate surface area is 137 Å².